The van der Waals surface area contributed by atoms with Crippen LogP contribution in [-0.4, -0.2) is 117 Å². The van der Waals surface area contributed by atoms with Gasteiger partial charge in [-0.3, -0.25) is 23.4 Å². The van der Waals surface area contributed by atoms with Gasteiger partial charge in [0, 0.05) is 20.7 Å². The number of benzene rings is 2. The van der Waals surface area contributed by atoms with Crippen LogP contribution in [0.15, 0.2) is 60.7 Å². The van der Waals surface area contributed by atoms with Gasteiger partial charge < -0.3 is 50.7 Å². The van der Waals surface area contributed by atoms with Crippen molar-refractivity contribution >= 4 is 52.4 Å². The molecule has 2 aromatic rings. The molecule has 0 saturated carbocycles. The Kier molecular flexibility index (Phi) is 34.1. The molecule has 0 heterocycles. The zero-order chi connectivity index (χ0) is 51.3. The summed E-state index contributed by atoms with van der Waals surface area (Å²) in [5, 5.41) is 25.7. The van der Waals surface area contributed by atoms with Crippen LogP contribution in [0.5, 0.6) is 0 Å². The van der Waals surface area contributed by atoms with E-state index in [-0.39, 0.29) is 73.1 Å². The van der Waals surface area contributed by atoms with E-state index >= 15 is 0 Å². The standard InChI is InChI=1S/C20H30N2O5.C14H18N2O5.C6H14O4S.C6H12O.Na.H2/c1-20(2,3)10-11-21-15(13-17(23)24)18(25)22-16(19(26)27-4)12-14-8-6-5-7-9-14;1-21-14(20)11(7-9-5-3-2-4-6-9)16-13(19)10(15)8-12(17)18;1-6(2,3)4-5-10-11(7,8)9;1-6(2,3)4-5-7;;/h5-9,15-16,21H,10-13H2,1-4H3,(H,22,25)(H,23,24);2-6,10-11H,7-8,15H2,1H3,(H,16,19)(H,17,18);4-5H2,1-3H3,(H,7,8,9);5H,4H2,1-3H3;;1H/q;;;;+1;/p-1/t15-,16-;10-,11-;;;;/m00..../s1. The number of aliphatic carboxylic acids is 2. The smallest absolute Gasteiger partial charge is 0.726 e. The molecular formula is C46H75N4NaO15S. The first kappa shape index (κ1) is 67.0. The number of hydrogen-bond acceptors (Lipinski definition) is 15. The maximum absolute atomic E-state index is 12.6. The van der Waals surface area contributed by atoms with Gasteiger partial charge in [0.05, 0.1) is 45.8 Å². The molecule has 0 radical (unpaired) electrons. The fourth-order valence-corrected chi connectivity index (χ4v) is 5.24. The second-order valence-corrected chi connectivity index (χ2v) is 19.7. The molecule has 0 aliphatic carbocycles. The first-order valence-corrected chi connectivity index (χ1v) is 22.5. The Bertz CT molecular complexity index is 1890. The molecule has 0 saturated heterocycles. The van der Waals surface area contributed by atoms with E-state index in [1.54, 1.807) is 12.1 Å². The van der Waals surface area contributed by atoms with Gasteiger partial charge in [0.15, 0.2) is 0 Å². The summed E-state index contributed by atoms with van der Waals surface area (Å²) >= 11 is 0. The number of carbonyl (C=O) groups is 7. The molecule has 376 valence electrons. The maximum atomic E-state index is 12.6. The Morgan fingerprint density at radius 2 is 1.09 bits per heavy atom. The summed E-state index contributed by atoms with van der Waals surface area (Å²) in [7, 11) is -2.03. The molecule has 0 spiro atoms. The SMILES string of the molecule is CC(C)(C)CC=O.CC(C)(C)CCOS(=O)(=O)[O-].COC(=O)[C@H](Cc1ccccc1)NC(=O)[C@@H](N)CC(=O)O.COC(=O)[C@H](Cc1ccccc1)NC(=O)[C@H](CC(=O)O)NCCC(C)(C)C.[HH].[Na+]. The Morgan fingerprint density at radius 1 is 0.687 bits per heavy atom. The van der Waals surface area contributed by atoms with Gasteiger partial charge in [0.1, 0.15) is 18.4 Å². The number of rotatable bonds is 21. The van der Waals surface area contributed by atoms with Crippen LogP contribution < -0.4 is 51.2 Å². The Labute approximate surface area is 420 Å². The van der Waals surface area contributed by atoms with Gasteiger partial charge in [-0.25, -0.2) is 18.0 Å². The first-order chi connectivity index (χ1) is 30.3. The van der Waals surface area contributed by atoms with Gasteiger partial charge in [-0.05, 0) is 46.8 Å². The monoisotopic (exact) mass is 978 g/mol. The number of amides is 2. The topological polar surface area (TPSA) is 307 Å². The van der Waals surface area contributed by atoms with Gasteiger partial charge in [-0.2, -0.15) is 0 Å². The molecule has 4 atom stereocenters. The van der Waals surface area contributed by atoms with Crippen molar-refractivity contribution in [2.75, 3.05) is 27.4 Å². The number of carbonyl (C=O) groups excluding carboxylic acids is 5. The van der Waals surface area contributed by atoms with Gasteiger partial charge in [0.2, 0.25) is 22.2 Å². The van der Waals surface area contributed by atoms with E-state index in [9.17, 15) is 46.5 Å². The predicted octanol–water partition coefficient (Wildman–Crippen LogP) is 1.22. The number of nitrogens with two attached hydrogens (primary N) is 1. The van der Waals surface area contributed by atoms with Crippen molar-refractivity contribution in [3.63, 3.8) is 0 Å². The maximum Gasteiger partial charge on any atom is 1.00 e. The van der Waals surface area contributed by atoms with Gasteiger partial charge in [-0.15, -0.1) is 0 Å². The van der Waals surface area contributed by atoms with E-state index in [1.165, 1.54) is 14.2 Å². The molecule has 0 unspecified atom stereocenters. The summed E-state index contributed by atoms with van der Waals surface area (Å²) in [5.74, 6) is -4.70. The van der Waals surface area contributed by atoms with E-state index in [2.05, 4.69) is 45.6 Å². The molecule has 0 aliphatic rings. The molecule has 2 rings (SSSR count). The molecule has 0 fully saturated rings. The molecule has 7 N–H and O–H groups in total. The Hall–Kier alpha value is -4.28. The molecule has 0 bridgehead atoms. The van der Waals surface area contributed by atoms with Crippen LogP contribution in [0.2, 0.25) is 0 Å². The number of nitrogens with one attached hydrogen (secondary N) is 3. The fraction of sp³-hybridized carbons (Fsp3) is 0.587. The van der Waals surface area contributed by atoms with Crippen molar-refractivity contribution in [3.8, 4) is 0 Å². The third kappa shape index (κ3) is 39.4. The molecule has 67 heavy (non-hydrogen) atoms. The second kappa shape index (κ2) is 34.1. The summed E-state index contributed by atoms with van der Waals surface area (Å²) in [6.07, 6.45) is 2.57. The predicted molar refractivity (Wildman–Crippen MR) is 249 cm³/mol. The fourth-order valence-electron chi connectivity index (χ4n) is 4.96. The van der Waals surface area contributed by atoms with E-state index in [1.807, 2.05) is 90.1 Å². The molecule has 19 nitrogen and oxygen atoms in total. The number of esters is 2. The molecule has 0 aromatic heterocycles. The molecule has 0 aliphatic heterocycles. The Balaban J connectivity index is -0.000000441. The van der Waals surface area contributed by atoms with Crippen molar-refractivity contribution in [2.45, 2.75) is 131 Å². The van der Waals surface area contributed by atoms with Crippen molar-refractivity contribution < 1.29 is 101 Å². The van der Waals surface area contributed by atoms with Crippen LogP contribution in [0.4, 0.5) is 0 Å². The average molecular weight is 979 g/mol. The number of hydrogen-bond donors (Lipinski definition) is 6. The summed E-state index contributed by atoms with van der Waals surface area (Å²) in [6, 6.07) is 14.3. The summed E-state index contributed by atoms with van der Waals surface area (Å²) in [6.45, 7) is 18.6. The zero-order valence-electron chi connectivity index (χ0n) is 41.2. The summed E-state index contributed by atoms with van der Waals surface area (Å²) < 4.78 is 43.3. The summed E-state index contributed by atoms with van der Waals surface area (Å²) in [4.78, 5) is 79.7. The normalized spacial score (nSPS) is 12.9. The van der Waals surface area contributed by atoms with Crippen molar-refractivity contribution in [1.29, 1.82) is 0 Å². The number of ether oxygens (including phenoxy) is 2. The minimum absolute atomic E-state index is 0. The first-order valence-electron chi connectivity index (χ1n) is 21.1. The number of aldehydes is 1. The minimum atomic E-state index is -4.50. The molecule has 21 heteroatoms. The third-order valence-electron chi connectivity index (χ3n) is 8.64. The van der Waals surface area contributed by atoms with E-state index in [0.717, 1.165) is 23.8 Å². The van der Waals surface area contributed by atoms with E-state index < -0.39 is 76.7 Å². The van der Waals surface area contributed by atoms with Crippen molar-refractivity contribution in [2.24, 2.45) is 22.0 Å². The molecule has 2 aromatic carbocycles. The zero-order valence-corrected chi connectivity index (χ0v) is 44.0. The van der Waals surface area contributed by atoms with Gasteiger partial charge in [-0.1, -0.05) is 123 Å². The van der Waals surface area contributed by atoms with Crippen LogP contribution >= 0.6 is 0 Å². The molecule has 2 amide bonds. The second-order valence-electron chi connectivity index (χ2n) is 18.6. The van der Waals surface area contributed by atoms with Crippen LogP contribution in [0.3, 0.4) is 0 Å². The average Bonchev–Trinajstić information content (AvgIpc) is 3.18. The van der Waals surface area contributed by atoms with Crippen LogP contribution in [0.25, 0.3) is 0 Å². The number of methoxy groups -OCH3 is 2. The number of carboxylic acid groups (broad SMARTS) is 2. The van der Waals surface area contributed by atoms with Crippen LogP contribution in [0, 0.1) is 16.2 Å². The van der Waals surface area contributed by atoms with E-state index in [0.29, 0.717) is 19.4 Å². The van der Waals surface area contributed by atoms with Crippen LogP contribution in [-0.2, 0) is 70.5 Å². The van der Waals surface area contributed by atoms with Crippen LogP contribution in [0.1, 0.15) is 107 Å². The van der Waals surface area contributed by atoms with E-state index in [4.69, 9.17) is 20.7 Å². The van der Waals surface area contributed by atoms with Gasteiger partial charge in [0.25, 0.3) is 0 Å². The Morgan fingerprint density at radius 3 is 1.40 bits per heavy atom. The largest absolute Gasteiger partial charge is 1.00 e. The third-order valence-corrected chi connectivity index (χ3v) is 9.09. The van der Waals surface area contributed by atoms with Crippen molar-refractivity contribution in [3.05, 3.63) is 71.8 Å². The van der Waals surface area contributed by atoms with Crippen molar-refractivity contribution in [1.82, 2.24) is 16.0 Å². The van der Waals surface area contributed by atoms with Gasteiger partial charge >= 0.3 is 53.4 Å². The minimum Gasteiger partial charge on any atom is -0.726 e. The number of carboxylic acids is 2. The quantitative estimate of drug-likeness (QED) is 0.0337. The summed E-state index contributed by atoms with van der Waals surface area (Å²) in [5.41, 5.74) is 7.38. The molecular weight excluding hydrogens is 904 g/mol.